The van der Waals surface area contributed by atoms with Gasteiger partial charge in [-0.05, 0) is 43.9 Å². The van der Waals surface area contributed by atoms with Gasteiger partial charge in [0.25, 0.3) is 0 Å². The number of aliphatic imine (C=N–C) groups is 1. The van der Waals surface area contributed by atoms with E-state index in [0.717, 1.165) is 44.0 Å². The van der Waals surface area contributed by atoms with Crippen molar-refractivity contribution in [2.45, 2.75) is 26.2 Å². The molecule has 0 atom stereocenters. The van der Waals surface area contributed by atoms with E-state index in [4.69, 9.17) is 4.74 Å². The van der Waals surface area contributed by atoms with Gasteiger partial charge in [-0.15, -0.1) is 24.0 Å². The zero-order chi connectivity index (χ0) is 17.4. The predicted octanol–water partition coefficient (Wildman–Crippen LogP) is 2.84. The number of esters is 1. The fourth-order valence-electron chi connectivity index (χ4n) is 2.90. The summed E-state index contributed by atoms with van der Waals surface area (Å²) in [6.45, 7) is 4.98. The summed E-state index contributed by atoms with van der Waals surface area (Å²) in [6.07, 6.45) is 2.26. The standard InChI is InChI=1S/C18H26FN3O2.HI/c1-3-20-18(21-10-7-14-5-4-6-16(19)13-14)22-11-8-15(9-12-22)17(23)24-2;/h4-6,13,15H,3,7-12H2,1-2H3,(H,20,21);1H. The van der Waals surface area contributed by atoms with E-state index in [9.17, 15) is 9.18 Å². The Morgan fingerprint density at radius 2 is 2.12 bits per heavy atom. The normalized spacial score (nSPS) is 15.5. The lowest BCUT2D eigenvalue weighted by Gasteiger charge is -2.33. The first-order valence-electron chi connectivity index (χ1n) is 8.49. The maximum Gasteiger partial charge on any atom is 0.308 e. The van der Waals surface area contributed by atoms with Crippen LogP contribution in [0, 0.1) is 11.7 Å². The Balaban J connectivity index is 0.00000312. The van der Waals surface area contributed by atoms with Crippen molar-refractivity contribution in [3.63, 3.8) is 0 Å². The quantitative estimate of drug-likeness (QED) is 0.316. The molecule has 25 heavy (non-hydrogen) atoms. The molecule has 0 aliphatic carbocycles. The third-order valence-corrected chi connectivity index (χ3v) is 4.21. The molecule has 1 aliphatic rings. The first kappa shape index (κ1) is 21.7. The summed E-state index contributed by atoms with van der Waals surface area (Å²) in [7, 11) is 1.44. The summed E-state index contributed by atoms with van der Waals surface area (Å²) < 4.78 is 18.0. The van der Waals surface area contributed by atoms with E-state index in [1.54, 1.807) is 12.1 Å². The van der Waals surface area contributed by atoms with E-state index in [1.165, 1.54) is 13.2 Å². The average molecular weight is 463 g/mol. The molecule has 0 saturated carbocycles. The molecule has 0 bridgehead atoms. The lowest BCUT2D eigenvalue weighted by atomic mass is 9.97. The number of benzene rings is 1. The molecule has 2 rings (SSSR count). The number of methoxy groups -OCH3 is 1. The maximum absolute atomic E-state index is 13.2. The number of hydrogen-bond acceptors (Lipinski definition) is 3. The summed E-state index contributed by atoms with van der Waals surface area (Å²) in [5.41, 5.74) is 0.944. The van der Waals surface area contributed by atoms with Gasteiger partial charge in [0.1, 0.15) is 5.82 Å². The number of carbonyl (C=O) groups is 1. The zero-order valence-corrected chi connectivity index (χ0v) is 17.2. The molecular weight excluding hydrogens is 436 g/mol. The van der Waals surface area contributed by atoms with Crippen molar-refractivity contribution in [3.05, 3.63) is 35.6 Å². The fraction of sp³-hybridized carbons (Fsp3) is 0.556. The summed E-state index contributed by atoms with van der Waals surface area (Å²) in [4.78, 5) is 18.4. The lowest BCUT2D eigenvalue weighted by Crippen LogP contribution is -2.46. The number of carbonyl (C=O) groups excluding carboxylic acids is 1. The molecule has 5 nitrogen and oxygen atoms in total. The van der Waals surface area contributed by atoms with Crippen LogP contribution in [0.15, 0.2) is 29.3 Å². The van der Waals surface area contributed by atoms with E-state index in [1.807, 2.05) is 13.0 Å². The van der Waals surface area contributed by atoms with Crippen molar-refractivity contribution < 1.29 is 13.9 Å². The Bertz CT molecular complexity index is 575. The first-order valence-corrected chi connectivity index (χ1v) is 8.49. The van der Waals surface area contributed by atoms with Crippen molar-refractivity contribution in [1.29, 1.82) is 0 Å². The number of nitrogens with zero attached hydrogens (tertiary/aromatic N) is 2. The van der Waals surface area contributed by atoms with Crippen molar-refractivity contribution in [3.8, 4) is 0 Å². The number of ether oxygens (including phenoxy) is 1. The molecule has 0 spiro atoms. The van der Waals surface area contributed by atoms with Gasteiger partial charge in [0.15, 0.2) is 5.96 Å². The molecule has 1 aliphatic heterocycles. The van der Waals surface area contributed by atoms with Crippen LogP contribution in [0.2, 0.25) is 0 Å². The van der Waals surface area contributed by atoms with Crippen LogP contribution in [0.4, 0.5) is 4.39 Å². The van der Waals surface area contributed by atoms with Gasteiger partial charge in [-0.3, -0.25) is 9.79 Å². The van der Waals surface area contributed by atoms with Crippen LogP contribution in [0.25, 0.3) is 0 Å². The molecule has 1 aromatic rings. The molecular formula is C18H27FIN3O2. The van der Waals surface area contributed by atoms with Gasteiger partial charge in [-0.2, -0.15) is 0 Å². The Hall–Kier alpha value is -1.38. The Kier molecular flexibility index (Phi) is 9.77. The SMILES string of the molecule is CCNC(=NCCc1cccc(F)c1)N1CCC(C(=O)OC)CC1.I. The third-order valence-electron chi connectivity index (χ3n) is 4.21. The average Bonchev–Trinajstić information content (AvgIpc) is 2.60. The van der Waals surface area contributed by atoms with Crippen LogP contribution in [0.3, 0.4) is 0 Å². The van der Waals surface area contributed by atoms with E-state index < -0.39 is 0 Å². The molecule has 1 saturated heterocycles. The second kappa shape index (κ2) is 11.3. The highest BCUT2D eigenvalue weighted by molar-refractivity contribution is 14.0. The summed E-state index contributed by atoms with van der Waals surface area (Å²) >= 11 is 0. The van der Waals surface area contributed by atoms with E-state index in [2.05, 4.69) is 15.2 Å². The third kappa shape index (κ3) is 6.80. The molecule has 140 valence electrons. The van der Waals surface area contributed by atoms with Crippen molar-refractivity contribution in [2.24, 2.45) is 10.9 Å². The van der Waals surface area contributed by atoms with Crippen LogP contribution in [-0.2, 0) is 16.0 Å². The van der Waals surface area contributed by atoms with Gasteiger partial charge >= 0.3 is 5.97 Å². The topological polar surface area (TPSA) is 53.9 Å². The molecule has 1 aromatic carbocycles. The van der Waals surface area contributed by atoms with Crippen LogP contribution in [0.1, 0.15) is 25.3 Å². The van der Waals surface area contributed by atoms with Crippen molar-refractivity contribution in [2.75, 3.05) is 33.3 Å². The molecule has 0 unspecified atom stereocenters. The number of piperidine rings is 1. The molecule has 0 aromatic heterocycles. The van der Waals surface area contributed by atoms with Gasteiger partial charge in [-0.1, -0.05) is 12.1 Å². The lowest BCUT2D eigenvalue weighted by molar-refractivity contribution is -0.146. The summed E-state index contributed by atoms with van der Waals surface area (Å²) in [5.74, 6) is 0.509. The molecule has 0 amide bonds. The van der Waals surface area contributed by atoms with Gasteiger partial charge in [0.05, 0.1) is 13.0 Å². The predicted molar refractivity (Wildman–Crippen MR) is 108 cm³/mol. The van der Waals surface area contributed by atoms with E-state index in [-0.39, 0.29) is 41.7 Å². The Labute approximate surface area is 166 Å². The first-order chi connectivity index (χ1) is 11.6. The summed E-state index contributed by atoms with van der Waals surface area (Å²) in [5, 5.41) is 3.29. The fourth-order valence-corrected chi connectivity index (χ4v) is 2.90. The van der Waals surface area contributed by atoms with Crippen LogP contribution >= 0.6 is 24.0 Å². The molecule has 0 radical (unpaired) electrons. The van der Waals surface area contributed by atoms with Crippen LogP contribution in [-0.4, -0.2) is 50.1 Å². The highest BCUT2D eigenvalue weighted by atomic mass is 127. The van der Waals surface area contributed by atoms with Gasteiger partial charge < -0.3 is 15.0 Å². The van der Waals surface area contributed by atoms with Gasteiger partial charge in [-0.25, -0.2) is 4.39 Å². The molecule has 7 heteroatoms. The molecule has 1 heterocycles. The number of guanidine groups is 1. The van der Waals surface area contributed by atoms with Crippen molar-refractivity contribution >= 4 is 35.9 Å². The van der Waals surface area contributed by atoms with Crippen LogP contribution in [0.5, 0.6) is 0 Å². The molecule has 1 fully saturated rings. The van der Waals surface area contributed by atoms with E-state index >= 15 is 0 Å². The highest BCUT2D eigenvalue weighted by Gasteiger charge is 2.26. The maximum atomic E-state index is 13.2. The second-order valence-electron chi connectivity index (χ2n) is 5.90. The smallest absolute Gasteiger partial charge is 0.308 e. The van der Waals surface area contributed by atoms with Gasteiger partial charge in [0, 0.05) is 26.2 Å². The van der Waals surface area contributed by atoms with Crippen LogP contribution < -0.4 is 5.32 Å². The minimum absolute atomic E-state index is 0. The minimum Gasteiger partial charge on any atom is -0.469 e. The number of nitrogens with one attached hydrogen (secondary N) is 1. The number of rotatable bonds is 5. The summed E-state index contributed by atoms with van der Waals surface area (Å²) in [6, 6.07) is 6.62. The van der Waals surface area contributed by atoms with Gasteiger partial charge in [0.2, 0.25) is 0 Å². The zero-order valence-electron chi connectivity index (χ0n) is 14.8. The Morgan fingerprint density at radius 3 is 2.72 bits per heavy atom. The second-order valence-corrected chi connectivity index (χ2v) is 5.90. The Morgan fingerprint density at radius 1 is 1.40 bits per heavy atom. The van der Waals surface area contributed by atoms with Crippen molar-refractivity contribution in [1.82, 2.24) is 10.2 Å². The molecule has 1 N–H and O–H groups in total. The number of likely N-dealkylation sites (tertiary alicyclic amines) is 1. The largest absolute Gasteiger partial charge is 0.469 e. The number of halogens is 2. The van der Waals surface area contributed by atoms with E-state index in [0.29, 0.717) is 13.0 Å². The minimum atomic E-state index is -0.215. The highest BCUT2D eigenvalue weighted by Crippen LogP contribution is 2.18. The monoisotopic (exact) mass is 463 g/mol. The number of hydrogen-bond donors (Lipinski definition) is 1.